The molecule has 3 rings (SSSR count). The largest absolute Gasteiger partial charge is 0.493 e. The second kappa shape index (κ2) is 18.5. The van der Waals surface area contributed by atoms with Crippen LogP contribution < -0.4 is 38.9 Å². The Morgan fingerprint density at radius 2 is 1.11 bits per heavy atom. The molecule has 0 unspecified atom stereocenters. The maximum absolute atomic E-state index is 7.33. The fourth-order valence-corrected chi connectivity index (χ4v) is 4.57. The Balaban J connectivity index is 0.00000675. The van der Waals surface area contributed by atoms with Crippen LogP contribution in [0.25, 0.3) is 24.3 Å². The van der Waals surface area contributed by atoms with Gasteiger partial charge in [-0.2, -0.15) is 9.97 Å². The fourth-order valence-electron chi connectivity index (χ4n) is 4.01. The average Bonchev–Trinajstić information content (AvgIpc) is 3.02. The van der Waals surface area contributed by atoms with Crippen molar-refractivity contribution in [2.45, 2.75) is 12.8 Å². The number of amidine groups is 1. The Morgan fingerprint density at radius 3 is 1.48 bits per heavy atom. The lowest BCUT2D eigenvalue weighted by Crippen LogP contribution is -2.06. The van der Waals surface area contributed by atoms with Gasteiger partial charge in [0.15, 0.2) is 28.2 Å². The predicted molar refractivity (Wildman–Crippen MR) is 182 cm³/mol. The molecule has 3 aromatic rings. The van der Waals surface area contributed by atoms with Gasteiger partial charge < -0.3 is 38.9 Å². The van der Waals surface area contributed by atoms with Crippen LogP contribution in [0, 0.1) is 5.41 Å². The number of hydrogen-bond acceptors (Lipinski definition) is 11. The molecule has 0 aliphatic rings. The summed E-state index contributed by atoms with van der Waals surface area (Å²) in [5.41, 5.74) is 8.33. The zero-order valence-electron chi connectivity index (χ0n) is 25.7. The molecule has 0 atom stereocenters. The molecule has 0 spiro atoms. The van der Waals surface area contributed by atoms with Gasteiger partial charge in [0.25, 0.3) is 0 Å². The van der Waals surface area contributed by atoms with Crippen molar-refractivity contribution in [1.82, 2.24) is 9.97 Å². The summed E-state index contributed by atoms with van der Waals surface area (Å²) >= 11 is 1.31. The molecule has 0 aliphatic heterocycles. The van der Waals surface area contributed by atoms with Gasteiger partial charge in [-0.1, -0.05) is 23.9 Å². The molecule has 0 saturated carbocycles. The van der Waals surface area contributed by atoms with Crippen LogP contribution in [0.2, 0.25) is 0 Å². The molecule has 0 aliphatic carbocycles. The minimum Gasteiger partial charge on any atom is -0.493 e. The van der Waals surface area contributed by atoms with Gasteiger partial charge in [-0.3, -0.25) is 5.41 Å². The molecule has 11 nitrogen and oxygen atoms in total. The molecule has 0 fully saturated rings. The highest BCUT2D eigenvalue weighted by molar-refractivity contribution is 8.93. The van der Waals surface area contributed by atoms with Gasteiger partial charge in [0.2, 0.25) is 11.5 Å². The summed E-state index contributed by atoms with van der Waals surface area (Å²) in [6.07, 6.45) is 9.11. The van der Waals surface area contributed by atoms with Crippen molar-refractivity contribution in [3.05, 3.63) is 52.8 Å². The van der Waals surface area contributed by atoms with Crippen molar-refractivity contribution >= 4 is 58.2 Å². The monoisotopic (exact) mass is 690 g/mol. The Kier molecular flexibility index (Phi) is 15.2. The highest BCUT2D eigenvalue weighted by Crippen LogP contribution is 2.39. The van der Waals surface area contributed by atoms with E-state index in [0.29, 0.717) is 52.5 Å². The van der Waals surface area contributed by atoms with Gasteiger partial charge in [0, 0.05) is 5.75 Å². The van der Waals surface area contributed by atoms with E-state index < -0.39 is 0 Å². The maximum Gasteiger partial charge on any atom is 0.317 e. The highest BCUT2D eigenvalue weighted by Gasteiger charge is 2.13. The van der Waals surface area contributed by atoms with Crippen molar-refractivity contribution < 1.29 is 33.2 Å². The summed E-state index contributed by atoms with van der Waals surface area (Å²) in [6.45, 7) is 0.425. The van der Waals surface area contributed by atoms with E-state index >= 15 is 0 Å². The Hall–Kier alpha value is -4.10. The number of rotatable bonds is 16. The molecule has 44 heavy (non-hydrogen) atoms. The van der Waals surface area contributed by atoms with Crippen molar-refractivity contribution in [2.24, 2.45) is 5.73 Å². The summed E-state index contributed by atoms with van der Waals surface area (Å²) < 4.78 is 38.7. The summed E-state index contributed by atoms with van der Waals surface area (Å²) in [6, 6.07) is 9.48. The van der Waals surface area contributed by atoms with E-state index in [-0.39, 0.29) is 28.2 Å². The normalized spacial score (nSPS) is 10.8. The fraction of sp³-hybridized carbons (Fsp3) is 0.323. The van der Waals surface area contributed by atoms with E-state index in [0.717, 1.165) is 29.7 Å². The summed E-state index contributed by atoms with van der Waals surface area (Å²) in [5, 5.41) is 7.44. The Bertz CT molecular complexity index is 1310. The average molecular weight is 692 g/mol. The topological polar surface area (TPSA) is 140 Å². The number of aromatic nitrogens is 2. The van der Waals surface area contributed by atoms with Crippen LogP contribution in [0.4, 0.5) is 0 Å². The third-order valence-electron chi connectivity index (χ3n) is 6.04. The number of nitrogens with zero attached hydrogens (tertiary/aromatic N) is 2. The number of hydrogen-bond donors (Lipinski definition) is 2. The van der Waals surface area contributed by atoms with Crippen LogP contribution in [0.15, 0.2) is 30.3 Å². The number of ether oxygens (including phenoxy) is 7. The first-order valence-electron chi connectivity index (χ1n) is 13.3. The number of methoxy groups -OCH3 is 6. The smallest absolute Gasteiger partial charge is 0.317 e. The molecule has 0 amide bonds. The molecule has 2 aromatic carbocycles. The molecular weight excluding hydrogens is 652 g/mol. The van der Waals surface area contributed by atoms with E-state index in [1.165, 1.54) is 11.8 Å². The van der Waals surface area contributed by atoms with Crippen molar-refractivity contribution in [3.63, 3.8) is 0 Å². The Labute approximate surface area is 273 Å². The van der Waals surface area contributed by atoms with E-state index in [4.69, 9.17) is 44.3 Å². The van der Waals surface area contributed by atoms with Crippen LogP contribution in [0.3, 0.4) is 0 Å². The molecule has 238 valence electrons. The molecule has 1 aromatic heterocycles. The maximum atomic E-state index is 7.33. The van der Waals surface area contributed by atoms with Gasteiger partial charge in [-0.25, -0.2) is 0 Å². The minimum absolute atomic E-state index is 0. The number of nitrogens with two attached hydrogens (primary N) is 1. The molecule has 0 bridgehead atoms. The first-order valence-corrected chi connectivity index (χ1v) is 14.3. The van der Waals surface area contributed by atoms with Crippen LogP contribution in [0.1, 0.15) is 35.4 Å². The van der Waals surface area contributed by atoms with Gasteiger partial charge >= 0.3 is 6.01 Å². The van der Waals surface area contributed by atoms with Gasteiger partial charge in [0.1, 0.15) is 0 Å². The van der Waals surface area contributed by atoms with E-state index in [2.05, 4.69) is 9.97 Å². The lowest BCUT2D eigenvalue weighted by Gasteiger charge is -2.13. The highest BCUT2D eigenvalue weighted by atomic mass is 79.9. The van der Waals surface area contributed by atoms with Gasteiger partial charge in [-0.05, 0) is 66.5 Å². The lowest BCUT2D eigenvalue weighted by atomic mass is 10.1. The van der Waals surface area contributed by atoms with Crippen LogP contribution in [-0.4, -0.2) is 70.2 Å². The predicted octanol–water partition coefficient (Wildman–Crippen LogP) is 6.23. The zero-order chi connectivity index (χ0) is 31.2. The van der Waals surface area contributed by atoms with Crippen molar-refractivity contribution in [2.75, 3.05) is 55.0 Å². The minimum atomic E-state index is 0. The number of halogens is 1. The van der Waals surface area contributed by atoms with Crippen molar-refractivity contribution in [1.29, 1.82) is 5.41 Å². The molecule has 0 radical (unpaired) electrons. The molecule has 0 saturated heterocycles. The van der Waals surface area contributed by atoms with Crippen LogP contribution >= 0.6 is 28.7 Å². The Morgan fingerprint density at radius 1 is 0.682 bits per heavy atom. The van der Waals surface area contributed by atoms with Gasteiger partial charge in [0.05, 0.1) is 60.7 Å². The third kappa shape index (κ3) is 10.3. The molecule has 3 N–H and O–H groups in total. The van der Waals surface area contributed by atoms with E-state index in [1.54, 1.807) is 42.7 Å². The zero-order valence-corrected chi connectivity index (χ0v) is 28.2. The summed E-state index contributed by atoms with van der Waals surface area (Å²) in [7, 11) is 9.42. The van der Waals surface area contributed by atoms with Crippen LogP contribution in [-0.2, 0) is 0 Å². The molecule has 1 heterocycles. The number of benzene rings is 2. The van der Waals surface area contributed by atoms with Crippen molar-refractivity contribution in [3.8, 4) is 40.5 Å². The number of unbranched alkanes of at least 4 members (excludes halogenated alkanes) is 1. The van der Waals surface area contributed by atoms with E-state index in [9.17, 15) is 0 Å². The van der Waals surface area contributed by atoms with Gasteiger partial charge in [-0.15, -0.1) is 17.0 Å². The second-order valence-electron chi connectivity index (χ2n) is 8.85. The standard InChI is InChI=1S/C31H38N4O7S.BrH/c1-36-24-15-20(16-25(37-2)28(24)40-5)9-11-22-19-23(35-31(34-22)42-13-7-8-14-43-30(32)33)12-10-21-17-26(38-3)29(41-6)27(18-21)39-4;/h9-12,15-19H,7-8,13-14H2,1-6H3,(H3,32,33);1H/b11-9+,12-10+;. The van der Waals surface area contributed by atoms with E-state index in [1.807, 2.05) is 54.6 Å². The first kappa shape index (κ1) is 36.1. The molecule has 13 heteroatoms. The lowest BCUT2D eigenvalue weighted by molar-refractivity contribution is 0.285. The quantitative estimate of drug-likeness (QED) is 0.100. The second-order valence-corrected chi connectivity index (χ2v) is 9.99. The first-order chi connectivity index (χ1) is 20.8. The third-order valence-corrected chi connectivity index (χ3v) is 6.84. The van der Waals surface area contributed by atoms with Crippen LogP contribution in [0.5, 0.6) is 40.5 Å². The number of nitrogens with one attached hydrogen (secondary N) is 1. The number of thioether (sulfide) groups is 1. The molecular formula is C31H39BrN4O7S. The summed E-state index contributed by atoms with van der Waals surface area (Å²) in [4.78, 5) is 9.18. The summed E-state index contributed by atoms with van der Waals surface area (Å²) in [5.74, 6) is 3.96. The SMILES string of the molecule is Br.COc1cc(/C=C/c2cc(/C=C/c3cc(OC)c(OC)c(OC)c3)nc(OCCCCSC(=N)N)n2)cc(OC)c1OC.